The standard InChI is InChI=1S/C21H23IN2O4/c1-14(25)23-18(12-15-7-4-3-5-8-15)20(26)24-19(21(27)28-2)13-16-9-6-10-17(22)11-16/h3-11,18-19H,12-13H2,1-2H3,(H,23,25)(H,24,26)/t18-,19+/m1/s1. The van der Waals surface area contributed by atoms with E-state index in [2.05, 4.69) is 33.2 Å². The van der Waals surface area contributed by atoms with Gasteiger partial charge in [0.1, 0.15) is 12.1 Å². The first-order valence-corrected chi connectivity index (χ1v) is 9.90. The molecule has 0 saturated carbocycles. The Morgan fingerprint density at radius 2 is 1.57 bits per heavy atom. The SMILES string of the molecule is COC(=O)[C@H](Cc1cccc(I)c1)NC(=O)[C@@H](Cc1ccccc1)NC(C)=O. The molecule has 6 nitrogen and oxygen atoms in total. The molecule has 148 valence electrons. The van der Waals surface area contributed by atoms with E-state index in [9.17, 15) is 14.4 Å². The van der Waals surface area contributed by atoms with Crippen LogP contribution in [0.5, 0.6) is 0 Å². The predicted octanol–water partition coefficient (Wildman–Crippen LogP) is 2.24. The molecule has 0 fully saturated rings. The Hall–Kier alpha value is -2.42. The van der Waals surface area contributed by atoms with Crippen LogP contribution in [-0.4, -0.2) is 37.0 Å². The molecular weight excluding hydrogens is 471 g/mol. The normalized spacial score (nSPS) is 12.5. The van der Waals surface area contributed by atoms with E-state index in [4.69, 9.17) is 4.74 Å². The Morgan fingerprint density at radius 3 is 2.18 bits per heavy atom. The minimum Gasteiger partial charge on any atom is -0.467 e. The van der Waals surface area contributed by atoms with Crippen LogP contribution in [-0.2, 0) is 32.0 Å². The minimum atomic E-state index is -0.845. The molecule has 28 heavy (non-hydrogen) atoms. The van der Waals surface area contributed by atoms with Crippen LogP contribution in [0.15, 0.2) is 54.6 Å². The third-order valence-corrected chi connectivity index (χ3v) is 4.78. The first-order chi connectivity index (χ1) is 13.4. The zero-order valence-corrected chi connectivity index (χ0v) is 17.9. The highest BCUT2D eigenvalue weighted by Gasteiger charge is 2.27. The van der Waals surface area contributed by atoms with Crippen molar-refractivity contribution in [2.24, 2.45) is 0 Å². The van der Waals surface area contributed by atoms with Gasteiger partial charge in [0.25, 0.3) is 0 Å². The molecule has 2 N–H and O–H groups in total. The number of hydrogen-bond acceptors (Lipinski definition) is 4. The van der Waals surface area contributed by atoms with Gasteiger partial charge in [-0.15, -0.1) is 0 Å². The Bertz CT molecular complexity index is 826. The van der Waals surface area contributed by atoms with Gasteiger partial charge in [0.15, 0.2) is 0 Å². The summed E-state index contributed by atoms with van der Waals surface area (Å²) < 4.78 is 5.88. The number of methoxy groups -OCH3 is 1. The molecule has 0 spiro atoms. The number of esters is 1. The molecule has 0 aromatic heterocycles. The van der Waals surface area contributed by atoms with Crippen LogP contribution in [0.25, 0.3) is 0 Å². The summed E-state index contributed by atoms with van der Waals surface area (Å²) in [6.45, 7) is 1.36. The summed E-state index contributed by atoms with van der Waals surface area (Å²) in [4.78, 5) is 36.6. The number of rotatable bonds is 8. The fourth-order valence-corrected chi connectivity index (χ4v) is 3.42. The van der Waals surface area contributed by atoms with Gasteiger partial charge in [0, 0.05) is 23.3 Å². The summed E-state index contributed by atoms with van der Waals surface area (Å²) in [7, 11) is 1.28. The predicted molar refractivity (Wildman–Crippen MR) is 115 cm³/mol. The molecule has 2 amide bonds. The van der Waals surface area contributed by atoms with Gasteiger partial charge < -0.3 is 15.4 Å². The van der Waals surface area contributed by atoms with Crippen LogP contribution in [0, 0.1) is 3.57 Å². The van der Waals surface area contributed by atoms with E-state index in [0.717, 1.165) is 14.7 Å². The molecule has 0 aliphatic rings. The number of amides is 2. The average Bonchev–Trinajstić information content (AvgIpc) is 2.66. The molecule has 0 saturated heterocycles. The number of benzene rings is 2. The average molecular weight is 494 g/mol. The van der Waals surface area contributed by atoms with Crippen molar-refractivity contribution in [2.75, 3.05) is 7.11 Å². The fourth-order valence-electron chi connectivity index (χ4n) is 2.81. The lowest BCUT2D eigenvalue weighted by Gasteiger charge is -2.22. The molecule has 0 radical (unpaired) electrons. The van der Waals surface area contributed by atoms with Crippen molar-refractivity contribution in [1.82, 2.24) is 10.6 Å². The van der Waals surface area contributed by atoms with Gasteiger partial charge in [-0.25, -0.2) is 4.79 Å². The van der Waals surface area contributed by atoms with Crippen molar-refractivity contribution in [3.63, 3.8) is 0 Å². The van der Waals surface area contributed by atoms with Crippen molar-refractivity contribution in [3.05, 3.63) is 69.3 Å². The van der Waals surface area contributed by atoms with E-state index in [1.807, 2.05) is 54.6 Å². The Kier molecular flexibility index (Phi) is 8.43. The number of nitrogens with one attached hydrogen (secondary N) is 2. The summed E-state index contributed by atoms with van der Waals surface area (Å²) >= 11 is 2.19. The Balaban J connectivity index is 2.15. The van der Waals surface area contributed by atoms with E-state index in [-0.39, 0.29) is 5.91 Å². The molecule has 0 bridgehead atoms. The second-order valence-corrected chi connectivity index (χ2v) is 7.61. The van der Waals surface area contributed by atoms with E-state index in [1.54, 1.807) is 0 Å². The maximum atomic E-state index is 12.8. The van der Waals surface area contributed by atoms with E-state index in [1.165, 1.54) is 14.0 Å². The second-order valence-electron chi connectivity index (χ2n) is 6.36. The van der Waals surface area contributed by atoms with Gasteiger partial charge in [-0.05, 0) is 45.9 Å². The number of halogens is 1. The summed E-state index contributed by atoms with van der Waals surface area (Å²) in [6.07, 6.45) is 0.622. The quantitative estimate of drug-likeness (QED) is 0.436. The molecule has 2 aromatic rings. The summed E-state index contributed by atoms with van der Waals surface area (Å²) in [5.74, 6) is -1.28. The molecule has 2 rings (SSSR count). The van der Waals surface area contributed by atoms with Gasteiger partial charge in [0.2, 0.25) is 11.8 Å². The zero-order chi connectivity index (χ0) is 20.5. The smallest absolute Gasteiger partial charge is 0.328 e. The third kappa shape index (κ3) is 6.95. The summed E-state index contributed by atoms with van der Waals surface area (Å²) in [5.41, 5.74) is 1.81. The first kappa shape index (κ1) is 21.9. The number of ether oxygens (including phenoxy) is 1. The highest BCUT2D eigenvalue weighted by Crippen LogP contribution is 2.11. The van der Waals surface area contributed by atoms with Crippen LogP contribution in [0.4, 0.5) is 0 Å². The molecule has 0 unspecified atom stereocenters. The molecule has 0 aliphatic carbocycles. The Morgan fingerprint density at radius 1 is 0.929 bits per heavy atom. The van der Waals surface area contributed by atoms with E-state index < -0.39 is 24.0 Å². The Labute approximate surface area is 178 Å². The van der Waals surface area contributed by atoms with Crippen LogP contribution in [0.2, 0.25) is 0 Å². The molecular formula is C21H23IN2O4. The monoisotopic (exact) mass is 494 g/mol. The van der Waals surface area contributed by atoms with Crippen molar-refractivity contribution >= 4 is 40.4 Å². The highest BCUT2D eigenvalue weighted by atomic mass is 127. The maximum absolute atomic E-state index is 12.8. The molecule has 0 aliphatic heterocycles. The topological polar surface area (TPSA) is 84.5 Å². The van der Waals surface area contributed by atoms with Crippen molar-refractivity contribution in [3.8, 4) is 0 Å². The van der Waals surface area contributed by atoms with Crippen LogP contribution >= 0.6 is 22.6 Å². The molecule has 0 heterocycles. The summed E-state index contributed by atoms with van der Waals surface area (Å²) in [6, 6.07) is 15.4. The molecule has 2 aromatic carbocycles. The van der Waals surface area contributed by atoms with Gasteiger partial charge in [0.05, 0.1) is 7.11 Å². The lowest BCUT2D eigenvalue weighted by Crippen LogP contribution is -2.53. The van der Waals surface area contributed by atoms with Gasteiger partial charge in [-0.2, -0.15) is 0 Å². The van der Waals surface area contributed by atoms with E-state index in [0.29, 0.717) is 12.8 Å². The largest absolute Gasteiger partial charge is 0.467 e. The number of carbonyl (C=O) groups is 3. The summed E-state index contributed by atoms with van der Waals surface area (Å²) in [5, 5.41) is 5.39. The second kappa shape index (κ2) is 10.8. The van der Waals surface area contributed by atoms with Crippen LogP contribution in [0.3, 0.4) is 0 Å². The van der Waals surface area contributed by atoms with Crippen molar-refractivity contribution in [2.45, 2.75) is 31.8 Å². The molecule has 7 heteroatoms. The lowest BCUT2D eigenvalue weighted by atomic mass is 10.0. The van der Waals surface area contributed by atoms with Crippen LogP contribution < -0.4 is 10.6 Å². The van der Waals surface area contributed by atoms with Gasteiger partial charge in [-0.3, -0.25) is 9.59 Å². The van der Waals surface area contributed by atoms with Crippen molar-refractivity contribution in [1.29, 1.82) is 0 Å². The maximum Gasteiger partial charge on any atom is 0.328 e. The van der Waals surface area contributed by atoms with Crippen LogP contribution in [0.1, 0.15) is 18.1 Å². The zero-order valence-electron chi connectivity index (χ0n) is 15.8. The van der Waals surface area contributed by atoms with Crippen molar-refractivity contribution < 1.29 is 19.1 Å². The third-order valence-electron chi connectivity index (χ3n) is 4.11. The minimum absolute atomic E-state index is 0.299. The van der Waals surface area contributed by atoms with Gasteiger partial charge in [-0.1, -0.05) is 42.5 Å². The van der Waals surface area contributed by atoms with E-state index >= 15 is 0 Å². The number of hydrogen-bond donors (Lipinski definition) is 2. The number of carbonyl (C=O) groups excluding carboxylic acids is 3. The fraction of sp³-hybridized carbons (Fsp3) is 0.286. The first-order valence-electron chi connectivity index (χ1n) is 8.82. The highest BCUT2D eigenvalue weighted by molar-refractivity contribution is 14.1. The molecule has 2 atom stereocenters. The lowest BCUT2D eigenvalue weighted by molar-refractivity contribution is -0.145. The van der Waals surface area contributed by atoms with Gasteiger partial charge >= 0.3 is 5.97 Å².